The number of para-hydroxylation sites is 1. The maximum Gasteiger partial charge on any atom is 0.130 e. The summed E-state index contributed by atoms with van der Waals surface area (Å²) in [5.74, 6) is 2.51. The van der Waals surface area contributed by atoms with Crippen LogP contribution in [0.5, 0.6) is 11.5 Å². The van der Waals surface area contributed by atoms with Crippen LogP contribution in [0.25, 0.3) is 22.0 Å². The standard InChI is InChI=1S/C29H28N4O2/c1-34-24-10-11-25(27(18-24)35-2)26-8-4-7-23-9-12-28(31-29(23)26)33-15-13-32(14-16-33)20-22-6-3-5-21(17-22)19-30/h3-12,17-18H,13-16,20H2,1-2H3. The van der Waals surface area contributed by atoms with Gasteiger partial charge in [-0.05, 0) is 42.0 Å². The highest BCUT2D eigenvalue weighted by Crippen LogP contribution is 2.37. The van der Waals surface area contributed by atoms with Crippen molar-refractivity contribution in [3.63, 3.8) is 0 Å². The highest BCUT2D eigenvalue weighted by Gasteiger charge is 2.19. The van der Waals surface area contributed by atoms with Crippen LogP contribution in [0.4, 0.5) is 5.82 Å². The summed E-state index contributed by atoms with van der Waals surface area (Å²) in [5.41, 5.74) is 4.89. The lowest BCUT2D eigenvalue weighted by atomic mass is 10.0. The highest BCUT2D eigenvalue weighted by atomic mass is 16.5. The molecule has 3 aromatic carbocycles. The maximum absolute atomic E-state index is 9.16. The van der Waals surface area contributed by atoms with Crippen molar-refractivity contribution >= 4 is 16.7 Å². The highest BCUT2D eigenvalue weighted by molar-refractivity contribution is 5.96. The van der Waals surface area contributed by atoms with Crippen molar-refractivity contribution in [2.45, 2.75) is 6.54 Å². The molecule has 0 unspecified atom stereocenters. The molecule has 35 heavy (non-hydrogen) atoms. The lowest BCUT2D eigenvalue weighted by molar-refractivity contribution is 0.249. The van der Waals surface area contributed by atoms with Gasteiger partial charge < -0.3 is 14.4 Å². The Morgan fingerprint density at radius 2 is 1.69 bits per heavy atom. The zero-order valence-electron chi connectivity index (χ0n) is 20.1. The number of methoxy groups -OCH3 is 2. The number of benzene rings is 3. The summed E-state index contributed by atoms with van der Waals surface area (Å²) in [7, 11) is 3.33. The number of anilines is 1. The van der Waals surface area contributed by atoms with Gasteiger partial charge in [-0.2, -0.15) is 5.26 Å². The first-order valence-corrected chi connectivity index (χ1v) is 11.8. The van der Waals surface area contributed by atoms with Gasteiger partial charge in [-0.25, -0.2) is 4.98 Å². The van der Waals surface area contributed by atoms with Gasteiger partial charge in [-0.1, -0.05) is 30.3 Å². The van der Waals surface area contributed by atoms with Gasteiger partial charge in [-0.15, -0.1) is 0 Å². The number of hydrogen-bond acceptors (Lipinski definition) is 6. The number of pyridine rings is 1. The molecule has 0 spiro atoms. The third kappa shape index (κ3) is 4.77. The summed E-state index contributed by atoms with van der Waals surface area (Å²) in [6.45, 7) is 4.57. The average molecular weight is 465 g/mol. The first-order valence-electron chi connectivity index (χ1n) is 11.8. The Labute approximate surface area is 205 Å². The molecule has 1 aliphatic rings. The van der Waals surface area contributed by atoms with Gasteiger partial charge in [0.15, 0.2) is 0 Å². The monoisotopic (exact) mass is 464 g/mol. The van der Waals surface area contributed by atoms with E-state index in [1.54, 1.807) is 14.2 Å². The number of ether oxygens (including phenoxy) is 2. The van der Waals surface area contributed by atoms with E-state index in [2.05, 4.69) is 52.3 Å². The van der Waals surface area contributed by atoms with Crippen molar-refractivity contribution in [1.82, 2.24) is 9.88 Å². The molecule has 0 N–H and O–H groups in total. The zero-order valence-corrected chi connectivity index (χ0v) is 20.1. The number of nitriles is 1. The molecule has 0 amide bonds. The third-order valence-electron chi connectivity index (χ3n) is 6.56. The molecule has 5 rings (SSSR count). The van der Waals surface area contributed by atoms with Crippen LogP contribution in [0.2, 0.25) is 0 Å². The lowest BCUT2D eigenvalue weighted by Gasteiger charge is -2.35. The Bertz CT molecular complexity index is 1390. The van der Waals surface area contributed by atoms with Crippen LogP contribution >= 0.6 is 0 Å². The summed E-state index contributed by atoms with van der Waals surface area (Å²) in [6, 6.07) is 26.5. The van der Waals surface area contributed by atoms with Crippen LogP contribution in [0.15, 0.2) is 72.8 Å². The van der Waals surface area contributed by atoms with Crippen molar-refractivity contribution < 1.29 is 9.47 Å². The molecule has 0 bridgehead atoms. The van der Waals surface area contributed by atoms with Gasteiger partial charge in [-0.3, -0.25) is 4.90 Å². The van der Waals surface area contributed by atoms with Crippen molar-refractivity contribution in [1.29, 1.82) is 5.26 Å². The van der Waals surface area contributed by atoms with Crippen molar-refractivity contribution in [3.8, 4) is 28.7 Å². The molecule has 6 heteroatoms. The van der Waals surface area contributed by atoms with Gasteiger partial charge in [0.2, 0.25) is 0 Å². The lowest BCUT2D eigenvalue weighted by Crippen LogP contribution is -2.46. The molecule has 0 aliphatic carbocycles. The predicted molar refractivity (Wildman–Crippen MR) is 139 cm³/mol. The topological polar surface area (TPSA) is 61.6 Å². The zero-order chi connectivity index (χ0) is 24.2. The second kappa shape index (κ2) is 10.0. The molecule has 1 saturated heterocycles. The molecule has 0 radical (unpaired) electrons. The maximum atomic E-state index is 9.16. The van der Waals surface area contributed by atoms with E-state index >= 15 is 0 Å². The van der Waals surface area contributed by atoms with Gasteiger partial charge in [0.05, 0.1) is 31.4 Å². The van der Waals surface area contributed by atoms with E-state index in [-0.39, 0.29) is 0 Å². The molecule has 176 valence electrons. The molecule has 0 saturated carbocycles. The minimum absolute atomic E-state index is 0.714. The molecular weight excluding hydrogens is 436 g/mol. The van der Waals surface area contributed by atoms with E-state index in [4.69, 9.17) is 19.7 Å². The van der Waals surface area contributed by atoms with Crippen LogP contribution in [0, 0.1) is 11.3 Å². The third-order valence-corrected chi connectivity index (χ3v) is 6.56. The fourth-order valence-corrected chi connectivity index (χ4v) is 4.68. The summed E-state index contributed by atoms with van der Waals surface area (Å²) < 4.78 is 11.0. The number of fused-ring (bicyclic) bond motifs is 1. The van der Waals surface area contributed by atoms with Crippen molar-refractivity contribution in [2.24, 2.45) is 0 Å². The molecule has 1 aliphatic heterocycles. The normalized spacial score (nSPS) is 14.0. The van der Waals surface area contributed by atoms with Crippen LogP contribution in [-0.2, 0) is 6.54 Å². The second-order valence-corrected chi connectivity index (χ2v) is 8.69. The molecule has 0 atom stereocenters. The average Bonchev–Trinajstić information content (AvgIpc) is 2.92. The summed E-state index contributed by atoms with van der Waals surface area (Å²) in [4.78, 5) is 9.89. The fourth-order valence-electron chi connectivity index (χ4n) is 4.68. The van der Waals surface area contributed by atoms with Crippen LogP contribution in [0.1, 0.15) is 11.1 Å². The molecule has 2 heterocycles. The van der Waals surface area contributed by atoms with Crippen molar-refractivity contribution in [2.75, 3.05) is 45.3 Å². The summed E-state index contributed by atoms with van der Waals surface area (Å²) >= 11 is 0. The molecule has 1 aromatic heterocycles. The van der Waals surface area contributed by atoms with Gasteiger partial charge in [0.1, 0.15) is 17.3 Å². The van der Waals surface area contributed by atoms with E-state index in [1.165, 1.54) is 5.56 Å². The Hall–Kier alpha value is -4.08. The van der Waals surface area contributed by atoms with E-state index in [1.807, 2.05) is 36.4 Å². The summed E-state index contributed by atoms with van der Waals surface area (Å²) in [6.07, 6.45) is 0. The minimum atomic E-state index is 0.714. The number of piperazine rings is 1. The second-order valence-electron chi connectivity index (χ2n) is 8.69. The van der Waals surface area contributed by atoms with Gasteiger partial charge >= 0.3 is 0 Å². The SMILES string of the molecule is COc1ccc(-c2cccc3ccc(N4CCN(Cc5cccc(C#N)c5)CC4)nc23)c(OC)c1. The largest absolute Gasteiger partial charge is 0.497 e. The van der Waals surface area contributed by atoms with E-state index < -0.39 is 0 Å². The Morgan fingerprint density at radius 1 is 0.857 bits per heavy atom. The Morgan fingerprint density at radius 3 is 2.46 bits per heavy atom. The van der Waals surface area contributed by atoms with E-state index in [0.29, 0.717) is 5.56 Å². The van der Waals surface area contributed by atoms with Gasteiger partial charge in [0.25, 0.3) is 0 Å². The Kier molecular flexibility index (Phi) is 6.51. The van der Waals surface area contributed by atoms with E-state index in [0.717, 1.165) is 72.1 Å². The molecule has 1 fully saturated rings. The van der Waals surface area contributed by atoms with Crippen molar-refractivity contribution in [3.05, 3.63) is 83.9 Å². The van der Waals surface area contributed by atoms with Crippen LogP contribution in [0.3, 0.4) is 0 Å². The number of aromatic nitrogens is 1. The quantitative estimate of drug-likeness (QED) is 0.395. The first kappa shape index (κ1) is 22.7. The first-order chi connectivity index (χ1) is 17.2. The van der Waals surface area contributed by atoms with Gasteiger partial charge in [0, 0.05) is 55.3 Å². The smallest absolute Gasteiger partial charge is 0.130 e. The van der Waals surface area contributed by atoms with Crippen LogP contribution in [-0.4, -0.2) is 50.3 Å². The number of hydrogen-bond donors (Lipinski definition) is 0. The number of nitrogens with zero attached hydrogens (tertiary/aromatic N) is 4. The molecule has 4 aromatic rings. The van der Waals surface area contributed by atoms with E-state index in [9.17, 15) is 0 Å². The number of rotatable bonds is 6. The molecule has 6 nitrogen and oxygen atoms in total. The minimum Gasteiger partial charge on any atom is -0.497 e. The van der Waals surface area contributed by atoms with Crippen LogP contribution < -0.4 is 14.4 Å². The fraction of sp³-hybridized carbons (Fsp3) is 0.241. The summed E-state index contributed by atoms with van der Waals surface area (Å²) in [5, 5.41) is 10.3. The molecular formula is C29H28N4O2. The predicted octanol–water partition coefficient (Wildman–Crippen LogP) is 5.11. The Balaban J connectivity index is 1.37.